The summed E-state index contributed by atoms with van der Waals surface area (Å²) in [5, 5.41) is 0. The number of rotatable bonds is 16. The van der Waals surface area contributed by atoms with Gasteiger partial charge in [0.15, 0.2) is 5.82 Å². The van der Waals surface area contributed by atoms with Gasteiger partial charge in [-0.15, -0.1) is 0 Å². The number of aromatic nitrogens is 2. The van der Waals surface area contributed by atoms with Crippen molar-refractivity contribution in [1.82, 2.24) is 9.97 Å². The van der Waals surface area contributed by atoms with Gasteiger partial charge in [-0.3, -0.25) is 0 Å². The molecule has 0 fully saturated rings. The van der Waals surface area contributed by atoms with Crippen LogP contribution in [0.4, 0.5) is 0 Å². The van der Waals surface area contributed by atoms with E-state index in [1.807, 2.05) is 36.7 Å². The lowest BCUT2D eigenvalue weighted by atomic mass is 10.0. The molecule has 3 aromatic rings. The molecule has 0 atom stereocenters. The van der Waals surface area contributed by atoms with Gasteiger partial charge in [0.05, 0.1) is 0 Å². The third kappa shape index (κ3) is 9.29. The van der Waals surface area contributed by atoms with Gasteiger partial charge in [0.1, 0.15) is 12.4 Å². The highest BCUT2D eigenvalue weighted by Gasteiger charge is 2.04. The summed E-state index contributed by atoms with van der Waals surface area (Å²) in [5.41, 5.74) is 4.87. The Morgan fingerprint density at radius 3 is 1.74 bits per heavy atom. The van der Waals surface area contributed by atoms with Crippen LogP contribution in [0.3, 0.4) is 0 Å². The highest BCUT2D eigenvalue weighted by molar-refractivity contribution is 5.55. The van der Waals surface area contributed by atoms with E-state index in [0.29, 0.717) is 6.61 Å². The number of hydrogen-bond donors (Lipinski definition) is 0. The van der Waals surface area contributed by atoms with E-state index >= 15 is 0 Å². The molecule has 3 nitrogen and oxygen atoms in total. The highest BCUT2D eigenvalue weighted by Crippen LogP contribution is 2.21. The fraction of sp³-hybridized carbons (Fsp3) is 0.484. The molecule has 2 aromatic carbocycles. The Balaban J connectivity index is 1.41. The molecule has 0 aliphatic carbocycles. The number of nitrogens with zero attached hydrogens (tertiary/aromatic N) is 2. The molecule has 182 valence electrons. The van der Waals surface area contributed by atoms with E-state index < -0.39 is 0 Å². The number of unbranched alkanes of at least 4 members (excludes halogenated alkanes) is 8. The second-order valence-electron chi connectivity index (χ2n) is 9.37. The van der Waals surface area contributed by atoms with E-state index in [1.165, 1.54) is 87.3 Å². The molecule has 0 saturated heterocycles. The Labute approximate surface area is 207 Å². The second kappa shape index (κ2) is 15.3. The minimum absolute atomic E-state index is 0.582. The third-order valence-electron chi connectivity index (χ3n) is 6.38. The Bertz CT molecular complexity index is 917. The summed E-state index contributed by atoms with van der Waals surface area (Å²) in [6.07, 6.45) is 19.3. The van der Waals surface area contributed by atoms with Crippen molar-refractivity contribution in [2.75, 3.05) is 0 Å². The minimum Gasteiger partial charge on any atom is -0.489 e. The maximum atomic E-state index is 5.99. The second-order valence-corrected chi connectivity index (χ2v) is 9.37. The molecule has 0 bridgehead atoms. The van der Waals surface area contributed by atoms with E-state index in [9.17, 15) is 0 Å². The van der Waals surface area contributed by atoms with Gasteiger partial charge in [0.2, 0.25) is 0 Å². The van der Waals surface area contributed by atoms with Crippen LogP contribution in [0.5, 0.6) is 5.75 Å². The zero-order valence-electron chi connectivity index (χ0n) is 21.3. The van der Waals surface area contributed by atoms with Crippen LogP contribution in [-0.2, 0) is 19.4 Å². The average molecular weight is 459 g/mol. The van der Waals surface area contributed by atoms with Crippen molar-refractivity contribution in [3.63, 3.8) is 0 Å². The van der Waals surface area contributed by atoms with Crippen LogP contribution >= 0.6 is 0 Å². The van der Waals surface area contributed by atoms with Gasteiger partial charge in [-0.2, -0.15) is 0 Å². The predicted octanol–water partition coefficient (Wildman–Crippen LogP) is 8.75. The molecule has 0 aliphatic heterocycles. The first kappa shape index (κ1) is 25.9. The molecule has 1 aromatic heterocycles. The van der Waals surface area contributed by atoms with Crippen molar-refractivity contribution in [3.8, 4) is 17.1 Å². The summed E-state index contributed by atoms with van der Waals surface area (Å²) >= 11 is 0. The standard InChI is InChI=1S/C31H42N2O/c1-3-5-7-9-10-12-14-28-23-32-31(33-24-28)29-19-21-30(22-20-29)34-25-27-17-15-26(16-18-27)13-11-8-6-4-2/h15-24H,3-14,25H2,1-2H3. The van der Waals surface area contributed by atoms with Crippen molar-refractivity contribution < 1.29 is 4.74 Å². The van der Waals surface area contributed by atoms with Crippen molar-refractivity contribution >= 4 is 0 Å². The van der Waals surface area contributed by atoms with Gasteiger partial charge in [0.25, 0.3) is 0 Å². The summed E-state index contributed by atoms with van der Waals surface area (Å²) in [5.74, 6) is 1.64. The summed E-state index contributed by atoms with van der Waals surface area (Å²) in [6, 6.07) is 16.9. The molecular formula is C31H42N2O. The smallest absolute Gasteiger partial charge is 0.159 e. The van der Waals surface area contributed by atoms with Gasteiger partial charge in [-0.1, -0.05) is 89.5 Å². The highest BCUT2D eigenvalue weighted by atomic mass is 16.5. The fourth-order valence-corrected chi connectivity index (χ4v) is 4.17. The van der Waals surface area contributed by atoms with Crippen molar-refractivity contribution in [2.45, 2.75) is 97.5 Å². The van der Waals surface area contributed by atoms with Crippen LogP contribution in [0, 0.1) is 0 Å². The molecule has 0 N–H and O–H groups in total. The average Bonchev–Trinajstić information content (AvgIpc) is 2.89. The summed E-state index contributed by atoms with van der Waals surface area (Å²) in [7, 11) is 0. The monoisotopic (exact) mass is 458 g/mol. The molecule has 3 heteroatoms. The number of hydrogen-bond acceptors (Lipinski definition) is 3. The molecule has 0 saturated carbocycles. The molecule has 1 heterocycles. The van der Waals surface area contributed by atoms with Crippen LogP contribution in [0.1, 0.15) is 94.7 Å². The first-order chi connectivity index (χ1) is 16.8. The van der Waals surface area contributed by atoms with Crippen LogP contribution in [0.15, 0.2) is 60.9 Å². The minimum atomic E-state index is 0.582. The van der Waals surface area contributed by atoms with Gasteiger partial charge in [-0.25, -0.2) is 9.97 Å². The number of ether oxygens (including phenoxy) is 1. The normalized spacial score (nSPS) is 11.0. The molecule has 0 unspecified atom stereocenters. The molecule has 0 aliphatic rings. The van der Waals surface area contributed by atoms with E-state index in [0.717, 1.165) is 23.6 Å². The molecule has 3 rings (SSSR count). The van der Waals surface area contributed by atoms with Gasteiger partial charge < -0.3 is 4.74 Å². The maximum Gasteiger partial charge on any atom is 0.159 e. The fourth-order valence-electron chi connectivity index (χ4n) is 4.17. The Morgan fingerprint density at radius 1 is 0.559 bits per heavy atom. The zero-order chi connectivity index (χ0) is 23.8. The lowest BCUT2D eigenvalue weighted by molar-refractivity contribution is 0.306. The SMILES string of the molecule is CCCCCCCCc1cnc(-c2ccc(OCc3ccc(CCCCCC)cc3)cc2)nc1. The molecule has 0 amide bonds. The zero-order valence-corrected chi connectivity index (χ0v) is 21.3. The summed E-state index contributed by atoms with van der Waals surface area (Å²) in [4.78, 5) is 9.18. The van der Waals surface area contributed by atoms with Crippen molar-refractivity contribution in [3.05, 3.63) is 77.6 Å². The first-order valence-corrected chi connectivity index (χ1v) is 13.4. The van der Waals surface area contributed by atoms with Crippen LogP contribution in [-0.4, -0.2) is 9.97 Å². The Morgan fingerprint density at radius 2 is 1.09 bits per heavy atom. The topological polar surface area (TPSA) is 35.0 Å². The molecule has 34 heavy (non-hydrogen) atoms. The van der Waals surface area contributed by atoms with Gasteiger partial charge >= 0.3 is 0 Å². The van der Waals surface area contributed by atoms with Crippen molar-refractivity contribution in [2.24, 2.45) is 0 Å². The number of aryl methyl sites for hydroxylation is 2. The van der Waals surface area contributed by atoms with Crippen LogP contribution in [0.2, 0.25) is 0 Å². The molecule has 0 radical (unpaired) electrons. The quantitative estimate of drug-likeness (QED) is 0.201. The molecular weight excluding hydrogens is 416 g/mol. The maximum absolute atomic E-state index is 5.99. The Kier molecular flexibility index (Phi) is 11.6. The van der Waals surface area contributed by atoms with Gasteiger partial charge in [0, 0.05) is 18.0 Å². The third-order valence-corrected chi connectivity index (χ3v) is 6.38. The van der Waals surface area contributed by atoms with Crippen LogP contribution < -0.4 is 4.74 Å². The Hall–Kier alpha value is -2.68. The lowest BCUT2D eigenvalue weighted by Gasteiger charge is -2.08. The van der Waals surface area contributed by atoms with E-state index in [-0.39, 0.29) is 0 Å². The first-order valence-electron chi connectivity index (χ1n) is 13.4. The lowest BCUT2D eigenvalue weighted by Crippen LogP contribution is -1.96. The van der Waals surface area contributed by atoms with E-state index in [4.69, 9.17) is 4.74 Å². The summed E-state index contributed by atoms with van der Waals surface area (Å²) in [6.45, 7) is 5.10. The largest absolute Gasteiger partial charge is 0.489 e. The number of benzene rings is 2. The van der Waals surface area contributed by atoms with Crippen molar-refractivity contribution in [1.29, 1.82) is 0 Å². The summed E-state index contributed by atoms with van der Waals surface area (Å²) < 4.78 is 5.99. The van der Waals surface area contributed by atoms with Crippen LogP contribution in [0.25, 0.3) is 11.4 Å². The van der Waals surface area contributed by atoms with Gasteiger partial charge in [-0.05, 0) is 66.6 Å². The van der Waals surface area contributed by atoms with E-state index in [2.05, 4.69) is 48.1 Å². The predicted molar refractivity (Wildman–Crippen MR) is 143 cm³/mol. The molecule has 0 spiro atoms. The van der Waals surface area contributed by atoms with E-state index in [1.54, 1.807) is 0 Å².